The van der Waals surface area contributed by atoms with E-state index in [4.69, 9.17) is 0 Å². The summed E-state index contributed by atoms with van der Waals surface area (Å²) < 4.78 is 0. The van der Waals surface area contributed by atoms with Gasteiger partial charge in [-0.3, -0.25) is 4.79 Å². The quantitative estimate of drug-likeness (QED) is 0.858. The molecule has 0 aliphatic carbocycles. The highest BCUT2D eigenvalue weighted by Gasteiger charge is 2.14. The van der Waals surface area contributed by atoms with Gasteiger partial charge in [0.2, 0.25) is 0 Å². The SMILES string of the molecule is CN(C)c1cccc(C(=O)NC(CO)Cc2ccccc2)c1. The fraction of sp³-hybridized carbons (Fsp3) is 0.278. The van der Waals surface area contributed by atoms with Gasteiger partial charge in [-0.25, -0.2) is 0 Å². The van der Waals surface area contributed by atoms with Crippen LogP contribution in [0.3, 0.4) is 0 Å². The molecule has 116 valence electrons. The number of nitrogens with zero attached hydrogens (tertiary/aromatic N) is 1. The fourth-order valence-electron chi connectivity index (χ4n) is 2.25. The largest absolute Gasteiger partial charge is 0.394 e. The van der Waals surface area contributed by atoms with Crippen molar-refractivity contribution >= 4 is 11.6 Å². The van der Waals surface area contributed by atoms with Gasteiger partial charge >= 0.3 is 0 Å². The standard InChI is InChI=1S/C18H22N2O2/c1-20(2)17-10-6-9-15(12-17)18(22)19-16(13-21)11-14-7-4-3-5-8-14/h3-10,12,16,21H,11,13H2,1-2H3,(H,19,22). The molecule has 2 aromatic rings. The van der Waals surface area contributed by atoms with Crippen LogP contribution in [0.1, 0.15) is 15.9 Å². The Morgan fingerprint density at radius 1 is 1.14 bits per heavy atom. The minimum Gasteiger partial charge on any atom is -0.394 e. The second-order valence-electron chi connectivity index (χ2n) is 5.49. The summed E-state index contributed by atoms with van der Waals surface area (Å²) >= 11 is 0. The first-order valence-electron chi connectivity index (χ1n) is 7.33. The van der Waals surface area contributed by atoms with Crippen molar-refractivity contribution in [3.05, 3.63) is 65.7 Å². The highest BCUT2D eigenvalue weighted by Crippen LogP contribution is 2.13. The van der Waals surface area contributed by atoms with Gasteiger partial charge in [0.15, 0.2) is 0 Å². The molecule has 0 aliphatic rings. The van der Waals surface area contributed by atoms with E-state index in [2.05, 4.69) is 5.32 Å². The lowest BCUT2D eigenvalue weighted by molar-refractivity contribution is 0.0916. The van der Waals surface area contributed by atoms with Crippen molar-refractivity contribution in [1.29, 1.82) is 0 Å². The van der Waals surface area contributed by atoms with E-state index in [0.29, 0.717) is 12.0 Å². The van der Waals surface area contributed by atoms with E-state index in [1.165, 1.54) is 0 Å². The highest BCUT2D eigenvalue weighted by molar-refractivity contribution is 5.95. The fourth-order valence-corrected chi connectivity index (χ4v) is 2.25. The molecule has 0 radical (unpaired) electrons. The summed E-state index contributed by atoms with van der Waals surface area (Å²) in [5.74, 6) is -0.168. The van der Waals surface area contributed by atoms with Crippen LogP contribution in [0.4, 0.5) is 5.69 Å². The lowest BCUT2D eigenvalue weighted by atomic mass is 10.1. The number of amides is 1. The van der Waals surface area contributed by atoms with E-state index < -0.39 is 0 Å². The van der Waals surface area contributed by atoms with Crippen molar-refractivity contribution in [3.63, 3.8) is 0 Å². The summed E-state index contributed by atoms with van der Waals surface area (Å²) in [5.41, 5.74) is 2.65. The number of aliphatic hydroxyl groups excluding tert-OH is 1. The van der Waals surface area contributed by atoms with E-state index in [-0.39, 0.29) is 18.6 Å². The second kappa shape index (κ2) is 7.61. The van der Waals surface area contributed by atoms with Crippen molar-refractivity contribution < 1.29 is 9.90 Å². The third kappa shape index (κ3) is 4.33. The van der Waals surface area contributed by atoms with Gasteiger partial charge in [-0.2, -0.15) is 0 Å². The van der Waals surface area contributed by atoms with Crippen molar-refractivity contribution in [3.8, 4) is 0 Å². The number of carbonyl (C=O) groups is 1. The first-order valence-corrected chi connectivity index (χ1v) is 7.33. The molecule has 0 aromatic heterocycles. The molecule has 0 saturated heterocycles. The number of carbonyl (C=O) groups excluding carboxylic acids is 1. The maximum Gasteiger partial charge on any atom is 0.251 e. The Bertz CT molecular complexity index is 611. The van der Waals surface area contributed by atoms with Crippen LogP contribution in [-0.4, -0.2) is 37.8 Å². The maximum atomic E-state index is 12.3. The molecule has 2 rings (SSSR count). The summed E-state index contributed by atoms with van der Waals surface area (Å²) in [6, 6.07) is 17.0. The Labute approximate surface area is 131 Å². The van der Waals surface area contributed by atoms with Gasteiger partial charge < -0.3 is 15.3 Å². The van der Waals surface area contributed by atoms with Crippen molar-refractivity contribution in [2.24, 2.45) is 0 Å². The third-order valence-corrected chi connectivity index (χ3v) is 3.51. The van der Waals surface area contributed by atoms with Crippen molar-refractivity contribution in [2.75, 3.05) is 25.6 Å². The van der Waals surface area contributed by atoms with E-state index >= 15 is 0 Å². The molecule has 4 heteroatoms. The summed E-state index contributed by atoms with van der Waals surface area (Å²) in [5, 5.41) is 12.4. The lowest BCUT2D eigenvalue weighted by Crippen LogP contribution is -2.39. The number of rotatable bonds is 6. The van der Waals surface area contributed by atoms with Crippen LogP contribution >= 0.6 is 0 Å². The van der Waals surface area contributed by atoms with Crippen LogP contribution in [0.5, 0.6) is 0 Å². The Morgan fingerprint density at radius 2 is 1.86 bits per heavy atom. The first-order chi connectivity index (χ1) is 10.6. The molecule has 1 amide bonds. The molecule has 0 spiro atoms. The zero-order valence-corrected chi connectivity index (χ0v) is 13.0. The van der Waals surface area contributed by atoms with Crippen LogP contribution in [0.15, 0.2) is 54.6 Å². The molecule has 4 nitrogen and oxygen atoms in total. The minimum atomic E-state index is -0.294. The molecule has 2 aromatic carbocycles. The third-order valence-electron chi connectivity index (χ3n) is 3.51. The normalized spacial score (nSPS) is 11.8. The zero-order valence-electron chi connectivity index (χ0n) is 13.0. The number of benzene rings is 2. The van der Waals surface area contributed by atoms with Gasteiger partial charge in [0.1, 0.15) is 0 Å². The van der Waals surface area contributed by atoms with Gasteiger partial charge in [0.25, 0.3) is 5.91 Å². The molecular weight excluding hydrogens is 276 g/mol. The van der Waals surface area contributed by atoms with Gasteiger partial charge in [-0.1, -0.05) is 36.4 Å². The maximum absolute atomic E-state index is 12.3. The van der Waals surface area contributed by atoms with Crippen LogP contribution in [-0.2, 0) is 6.42 Å². The molecule has 0 fully saturated rings. The summed E-state index contributed by atoms with van der Waals surface area (Å²) in [7, 11) is 3.87. The van der Waals surface area contributed by atoms with Crippen molar-refractivity contribution in [2.45, 2.75) is 12.5 Å². The number of anilines is 1. The highest BCUT2D eigenvalue weighted by atomic mass is 16.3. The summed E-state index contributed by atoms with van der Waals surface area (Å²) in [6.45, 7) is -0.0893. The average Bonchev–Trinajstić information content (AvgIpc) is 2.55. The Balaban J connectivity index is 2.04. The van der Waals surface area contributed by atoms with Gasteiger partial charge in [0, 0.05) is 25.3 Å². The Kier molecular flexibility index (Phi) is 5.55. The summed E-state index contributed by atoms with van der Waals surface area (Å²) in [6.07, 6.45) is 0.608. The number of aliphatic hydroxyl groups is 1. The van der Waals surface area contributed by atoms with E-state index in [1.54, 1.807) is 6.07 Å². The molecule has 0 bridgehead atoms. The molecule has 1 unspecified atom stereocenters. The Morgan fingerprint density at radius 3 is 2.50 bits per heavy atom. The first kappa shape index (κ1) is 16.0. The van der Waals surface area contributed by atoms with Crippen molar-refractivity contribution in [1.82, 2.24) is 5.32 Å². The molecule has 0 heterocycles. The molecule has 0 saturated carbocycles. The van der Waals surface area contributed by atoms with Crippen LogP contribution in [0.25, 0.3) is 0 Å². The predicted octanol–water partition coefficient (Wildman–Crippen LogP) is 2.09. The van der Waals surface area contributed by atoms with Crippen LogP contribution in [0.2, 0.25) is 0 Å². The van der Waals surface area contributed by atoms with E-state index in [0.717, 1.165) is 11.3 Å². The molecule has 2 N–H and O–H groups in total. The molecule has 1 atom stereocenters. The summed E-state index contributed by atoms with van der Waals surface area (Å²) in [4.78, 5) is 14.3. The second-order valence-corrected chi connectivity index (χ2v) is 5.49. The molecule has 22 heavy (non-hydrogen) atoms. The zero-order chi connectivity index (χ0) is 15.9. The van der Waals surface area contributed by atoms with Crippen LogP contribution < -0.4 is 10.2 Å². The monoisotopic (exact) mass is 298 g/mol. The van der Waals surface area contributed by atoms with Gasteiger partial charge in [-0.05, 0) is 30.2 Å². The lowest BCUT2D eigenvalue weighted by Gasteiger charge is -2.18. The van der Waals surface area contributed by atoms with Crippen LogP contribution in [0, 0.1) is 0 Å². The van der Waals surface area contributed by atoms with Gasteiger partial charge in [0.05, 0.1) is 12.6 Å². The van der Waals surface area contributed by atoms with E-state index in [9.17, 15) is 9.90 Å². The number of nitrogens with one attached hydrogen (secondary N) is 1. The number of hydrogen-bond acceptors (Lipinski definition) is 3. The Hall–Kier alpha value is -2.33. The molecule has 0 aliphatic heterocycles. The topological polar surface area (TPSA) is 52.6 Å². The molecular formula is C18H22N2O2. The average molecular weight is 298 g/mol. The minimum absolute atomic E-state index is 0.0893. The smallest absolute Gasteiger partial charge is 0.251 e. The predicted molar refractivity (Wildman–Crippen MR) is 89.3 cm³/mol. The van der Waals surface area contributed by atoms with Gasteiger partial charge in [-0.15, -0.1) is 0 Å². The number of hydrogen-bond donors (Lipinski definition) is 2. The van der Waals surface area contributed by atoms with E-state index in [1.807, 2.05) is 67.5 Å².